The molecule has 0 fully saturated rings. The fraction of sp³-hybridized carbons (Fsp3) is 0.200. The average molecular weight is 336 g/mol. The van der Waals surface area contributed by atoms with Crippen LogP contribution in [0.2, 0.25) is 0 Å². The maximum Gasteiger partial charge on any atom is 0.418 e. The molecule has 1 heterocycles. The zero-order valence-electron chi connectivity index (χ0n) is 12.2. The second-order valence-electron chi connectivity index (χ2n) is 4.79. The van der Waals surface area contributed by atoms with Crippen molar-refractivity contribution in [2.45, 2.75) is 19.1 Å². The number of nitrogens with one attached hydrogen (secondary N) is 1. The van der Waals surface area contributed by atoms with Crippen LogP contribution in [0.1, 0.15) is 17.5 Å². The SMILES string of the molecule is N#Cc1cccc(NC(=O)CCn2ncc(C(F)(F)F)cc2=O)c1. The quantitative estimate of drug-likeness (QED) is 0.927. The molecule has 24 heavy (non-hydrogen) atoms. The van der Waals surface area contributed by atoms with Gasteiger partial charge in [0, 0.05) is 18.2 Å². The van der Waals surface area contributed by atoms with Crippen molar-refractivity contribution in [2.24, 2.45) is 0 Å². The summed E-state index contributed by atoms with van der Waals surface area (Å²) in [6, 6.07) is 8.58. The van der Waals surface area contributed by atoms with E-state index in [4.69, 9.17) is 5.26 Å². The van der Waals surface area contributed by atoms with E-state index in [1.807, 2.05) is 6.07 Å². The van der Waals surface area contributed by atoms with Gasteiger partial charge in [-0.1, -0.05) is 6.07 Å². The Balaban J connectivity index is 1.99. The predicted octanol–water partition coefficient (Wildman–Crippen LogP) is 2.16. The third-order valence-electron chi connectivity index (χ3n) is 3.02. The highest BCUT2D eigenvalue weighted by Gasteiger charge is 2.31. The molecular formula is C15H11F3N4O2. The number of amides is 1. The summed E-state index contributed by atoms with van der Waals surface area (Å²) in [4.78, 5) is 23.4. The molecule has 0 aliphatic heterocycles. The molecule has 2 aromatic rings. The van der Waals surface area contributed by atoms with Gasteiger partial charge in [-0.25, -0.2) is 4.68 Å². The number of anilines is 1. The van der Waals surface area contributed by atoms with E-state index in [0.717, 1.165) is 4.68 Å². The number of hydrogen-bond acceptors (Lipinski definition) is 4. The van der Waals surface area contributed by atoms with E-state index in [0.29, 0.717) is 23.5 Å². The normalized spacial score (nSPS) is 10.9. The molecule has 0 aliphatic carbocycles. The largest absolute Gasteiger partial charge is 0.418 e. The van der Waals surface area contributed by atoms with Crippen molar-refractivity contribution < 1.29 is 18.0 Å². The lowest BCUT2D eigenvalue weighted by Crippen LogP contribution is -2.26. The minimum atomic E-state index is -4.64. The van der Waals surface area contributed by atoms with Crippen LogP contribution in [0.15, 0.2) is 41.3 Å². The molecule has 0 aliphatic rings. The Morgan fingerprint density at radius 2 is 2.08 bits per heavy atom. The van der Waals surface area contributed by atoms with Crippen molar-refractivity contribution in [1.82, 2.24) is 9.78 Å². The van der Waals surface area contributed by atoms with Crippen molar-refractivity contribution in [2.75, 3.05) is 5.32 Å². The Morgan fingerprint density at radius 3 is 2.71 bits per heavy atom. The zero-order chi connectivity index (χ0) is 17.7. The molecule has 9 heteroatoms. The van der Waals surface area contributed by atoms with Crippen LogP contribution >= 0.6 is 0 Å². The van der Waals surface area contributed by atoms with E-state index >= 15 is 0 Å². The summed E-state index contributed by atoms with van der Waals surface area (Å²) in [5, 5.41) is 14.7. The first-order valence-corrected chi connectivity index (χ1v) is 6.74. The number of aryl methyl sites for hydroxylation is 1. The molecule has 1 amide bonds. The lowest BCUT2D eigenvalue weighted by Gasteiger charge is -2.09. The van der Waals surface area contributed by atoms with Gasteiger partial charge in [0.05, 0.1) is 29.9 Å². The van der Waals surface area contributed by atoms with Crippen LogP contribution in [0.25, 0.3) is 0 Å². The average Bonchev–Trinajstić information content (AvgIpc) is 2.53. The zero-order valence-corrected chi connectivity index (χ0v) is 12.2. The fourth-order valence-corrected chi connectivity index (χ4v) is 1.85. The molecule has 1 aromatic heterocycles. The molecule has 6 nitrogen and oxygen atoms in total. The van der Waals surface area contributed by atoms with Crippen LogP contribution in [0.5, 0.6) is 0 Å². The number of halogens is 3. The van der Waals surface area contributed by atoms with Gasteiger partial charge in [0.25, 0.3) is 5.56 Å². The fourth-order valence-electron chi connectivity index (χ4n) is 1.85. The van der Waals surface area contributed by atoms with E-state index in [2.05, 4.69) is 10.4 Å². The monoisotopic (exact) mass is 336 g/mol. The Morgan fingerprint density at radius 1 is 1.33 bits per heavy atom. The number of rotatable bonds is 4. The Labute approximate surface area is 134 Å². The smallest absolute Gasteiger partial charge is 0.326 e. The van der Waals surface area contributed by atoms with Crippen molar-refractivity contribution in [3.05, 3.63) is 58.0 Å². The molecule has 2 rings (SSSR count). The molecule has 0 spiro atoms. The summed E-state index contributed by atoms with van der Waals surface area (Å²) in [5.41, 5.74) is -1.30. The summed E-state index contributed by atoms with van der Waals surface area (Å²) in [7, 11) is 0. The molecule has 0 saturated carbocycles. The van der Waals surface area contributed by atoms with Gasteiger partial charge >= 0.3 is 6.18 Å². The van der Waals surface area contributed by atoms with E-state index in [1.165, 1.54) is 6.07 Å². The van der Waals surface area contributed by atoms with Crippen LogP contribution in [0.3, 0.4) is 0 Å². The van der Waals surface area contributed by atoms with Crippen LogP contribution in [0.4, 0.5) is 18.9 Å². The van der Waals surface area contributed by atoms with E-state index < -0.39 is 23.2 Å². The Hall–Kier alpha value is -3.15. The minimum absolute atomic E-state index is 0.158. The van der Waals surface area contributed by atoms with E-state index in [-0.39, 0.29) is 13.0 Å². The number of benzene rings is 1. The minimum Gasteiger partial charge on any atom is -0.326 e. The maximum atomic E-state index is 12.4. The van der Waals surface area contributed by atoms with Gasteiger partial charge in [0.1, 0.15) is 0 Å². The molecule has 1 N–H and O–H groups in total. The van der Waals surface area contributed by atoms with Crippen LogP contribution < -0.4 is 10.9 Å². The van der Waals surface area contributed by atoms with Crippen LogP contribution in [0, 0.1) is 11.3 Å². The molecule has 0 unspecified atom stereocenters. The van der Waals surface area contributed by atoms with Crippen molar-refractivity contribution in [3.8, 4) is 6.07 Å². The molecule has 124 valence electrons. The molecule has 0 bridgehead atoms. The van der Waals surface area contributed by atoms with Gasteiger partial charge < -0.3 is 5.32 Å². The lowest BCUT2D eigenvalue weighted by atomic mass is 10.2. The second kappa shape index (κ2) is 6.95. The number of hydrogen-bond donors (Lipinski definition) is 1. The molecule has 0 atom stereocenters. The number of alkyl halides is 3. The summed E-state index contributed by atoms with van der Waals surface area (Å²) in [6.07, 6.45) is -4.26. The van der Waals surface area contributed by atoms with Gasteiger partial charge in [-0.2, -0.15) is 23.5 Å². The number of nitriles is 1. The van der Waals surface area contributed by atoms with Gasteiger partial charge in [-0.15, -0.1) is 0 Å². The van der Waals surface area contributed by atoms with Gasteiger partial charge in [0.2, 0.25) is 5.91 Å². The first-order chi connectivity index (χ1) is 11.3. The maximum absolute atomic E-state index is 12.4. The highest BCUT2D eigenvalue weighted by molar-refractivity contribution is 5.90. The number of nitrogens with zero attached hydrogens (tertiary/aromatic N) is 3. The predicted molar refractivity (Wildman–Crippen MR) is 77.9 cm³/mol. The van der Waals surface area contributed by atoms with Crippen molar-refractivity contribution >= 4 is 11.6 Å². The van der Waals surface area contributed by atoms with Gasteiger partial charge in [-0.05, 0) is 18.2 Å². The molecule has 1 aromatic carbocycles. The van der Waals surface area contributed by atoms with Crippen molar-refractivity contribution in [1.29, 1.82) is 5.26 Å². The third kappa shape index (κ3) is 4.42. The standard InChI is InChI=1S/C15H11F3N4O2/c16-15(17,18)11-7-14(24)22(20-9-11)5-4-13(23)21-12-3-1-2-10(6-12)8-19/h1-3,6-7,9H,4-5H2,(H,21,23). The molecule has 0 saturated heterocycles. The number of aromatic nitrogens is 2. The summed E-state index contributed by atoms with van der Waals surface area (Å²) in [5.74, 6) is -0.460. The Kier molecular flexibility index (Phi) is 4.99. The van der Waals surface area contributed by atoms with Gasteiger partial charge in [-0.3, -0.25) is 9.59 Å². The second-order valence-corrected chi connectivity index (χ2v) is 4.79. The molecule has 0 radical (unpaired) electrons. The first kappa shape index (κ1) is 17.2. The molecular weight excluding hydrogens is 325 g/mol. The topological polar surface area (TPSA) is 87.8 Å². The van der Waals surface area contributed by atoms with Crippen LogP contribution in [-0.2, 0) is 17.5 Å². The van der Waals surface area contributed by atoms with Crippen LogP contribution in [-0.4, -0.2) is 15.7 Å². The summed E-state index contributed by atoms with van der Waals surface area (Å²) >= 11 is 0. The van der Waals surface area contributed by atoms with E-state index in [9.17, 15) is 22.8 Å². The van der Waals surface area contributed by atoms with Gasteiger partial charge in [0.15, 0.2) is 0 Å². The lowest BCUT2D eigenvalue weighted by molar-refractivity contribution is -0.138. The highest BCUT2D eigenvalue weighted by Crippen LogP contribution is 2.27. The number of carbonyl (C=O) groups is 1. The highest BCUT2D eigenvalue weighted by atomic mass is 19.4. The Bertz CT molecular complexity index is 853. The number of carbonyl (C=O) groups excluding carboxylic acids is 1. The van der Waals surface area contributed by atoms with Crippen molar-refractivity contribution in [3.63, 3.8) is 0 Å². The summed E-state index contributed by atoms with van der Waals surface area (Å²) < 4.78 is 38.1. The third-order valence-corrected chi connectivity index (χ3v) is 3.02. The summed E-state index contributed by atoms with van der Waals surface area (Å²) in [6.45, 7) is -0.166. The van der Waals surface area contributed by atoms with E-state index in [1.54, 1.807) is 18.2 Å². The first-order valence-electron chi connectivity index (χ1n) is 6.74.